The molecule has 0 heterocycles. The van der Waals surface area contributed by atoms with E-state index in [4.69, 9.17) is 12.2 Å². The van der Waals surface area contributed by atoms with Gasteiger partial charge in [-0.25, -0.2) is 0 Å². The van der Waals surface area contributed by atoms with E-state index in [0.717, 1.165) is 28.5 Å². The van der Waals surface area contributed by atoms with Crippen LogP contribution in [0.25, 0.3) is 0 Å². The van der Waals surface area contributed by atoms with Gasteiger partial charge in [-0.3, -0.25) is 0 Å². The fourth-order valence-electron chi connectivity index (χ4n) is 1.41. The summed E-state index contributed by atoms with van der Waals surface area (Å²) in [6.45, 7) is 10.1. The first-order chi connectivity index (χ1) is 7.52. The van der Waals surface area contributed by atoms with Gasteiger partial charge >= 0.3 is 0 Å². The molecule has 0 unspecified atom stereocenters. The molecule has 0 aromatic rings. The van der Waals surface area contributed by atoms with E-state index in [1.165, 1.54) is 25.7 Å². The Morgan fingerprint density at radius 1 is 1.06 bits per heavy atom. The molecule has 0 radical (unpaired) electrons. The normalized spacial score (nSPS) is 11.1. The quantitative estimate of drug-likeness (QED) is 0.511. The minimum Gasteiger partial charge on any atom is -0.371 e. The third-order valence-corrected chi connectivity index (χ3v) is 3.78. The van der Waals surface area contributed by atoms with E-state index < -0.39 is 0 Å². The van der Waals surface area contributed by atoms with Gasteiger partial charge in [-0.05, 0) is 31.1 Å². The summed E-state index contributed by atoms with van der Waals surface area (Å²) >= 11 is 7.06. The third kappa shape index (κ3) is 12.3. The molecule has 1 N–H and O–H groups in total. The molecule has 0 saturated heterocycles. The van der Waals surface area contributed by atoms with Crippen molar-refractivity contribution in [1.29, 1.82) is 0 Å². The number of hydrogen-bond donors (Lipinski definition) is 1. The van der Waals surface area contributed by atoms with Gasteiger partial charge in [0.2, 0.25) is 0 Å². The van der Waals surface area contributed by atoms with E-state index in [-0.39, 0.29) is 0 Å². The lowest BCUT2D eigenvalue weighted by atomic mass is 10.1. The van der Waals surface area contributed by atoms with Crippen molar-refractivity contribution in [2.24, 2.45) is 11.8 Å². The third-order valence-electron chi connectivity index (χ3n) is 2.39. The van der Waals surface area contributed by atoms with Gasteiger partial charge < -0.3 is 5.32 Å². The lowest BCUT2D eigenvalue weighted by molar-refractivity contribution is 0.553. The monoisotopic (exact) mass is 261 g/mol. The van der Waals surface area contributed by atoms with Crippen LogP contribution in [0.5, 0.6) is 0 Å². The van der Waals surface area contributed by atoms with Crippen molar-refractivity contribution in [3.8, 4) is 0 Å². The predicted octanol–water partition coefficient (Wildman–Crippen LogP) is 4.47. The molecule has 0 amide bonds. The van der Waals surface area contributed by atoms with E-state index in [1.54, 1.807) is 11.8 Å². The molecule has 0 fully saturated rings. The Labute approximate surface area is 111 Å². The molecule has 16 heavy (non-hydrogen) atoms. The van der Waals surface area contributed by atoms with Gasteiger partial charge in [0.05, 0.1) is 0 Å². The van der Waals surface area contributed by atoms with Gasteiger partial charge in [0.15, 0.2) is 0 Å². The summed E-state index contributed by atoms with van der Waals surface area (Å²) in [5, 5.41) is 3.32. The standard InChI is InChI=1S/C13H27NS2/c1-11(2)7-5-9-14-13(15)16-10-6-8-12(3)4/h11-12H,5-10H2,1-4H3,(H,14,15). The number of nitrogens with one attached hydrogen (secondary N) is 1. The average Bonchev–Trinajstić information content (AvgIpc) is 2.19. The smallest absolute Gasteiger partial charge is 0.133 e. The van der Waals surface area contributed by atoms with Crippen LogP contribution >= 0.6 is 24.0 Å². The van der Waals surface area contributed by atoms with Crippen LogP contribution in [0.4, 0.5) is 0 Å². The molecule has 0 saturated carbocycles. The molecular formula is C13H27NS2. The fraction of sp³-hybridized carbons (Fsp3) is 0.923. The molecule has 0 bridgehead atoms. The van der Waals surface area contributed by atoms with E-state index >= 15 is 0 Å². The maximum absolute atomic E-state index is 5.26. The summed E-state index contributed by atoms with van der Waals surface area (Å²) in [5.41, 5.74) is 0. The first-order valence-corrected chi connectivity index (χ1v) is 7.82. The zero-order valence-electron chi connectivity index (χ0n) is 11.2. The van der Waals surface area contributed by atoms with Crippen LogP contribution in [-0.2, 0) is 0 Å². The second-order valence-electron chi connectivity index (χ2n) is 5.13. The average molecular weight is 262 g/mol. The van der Waals surface area contributed by atoms with Crippen LogP contribution in [0.1, 0.15) is 53.4 Å². The second kappa shape index (κ2) is 10.4. The fourth-order valence-corrected chi connectivity index (χ4v) is 2.46. The van der Waals surface area contributed by atoms with Crippen LogP contribution in [-0.4, -0.2) is 16.6 Å². The van der Waals surface area contributed by atoms with Gasteiger partial charge in [0, 0.05) is 12.3 Å². The molecule has 3 heteroatoms. The summed E-state index contributed by atoms with van der Waals surface area (Å²) in [5.74, 6) is 2.77. The molecule has 0 atom stereocenters. The highest BCUT2D eigenvalue weighted by molar-refractivity contribution is 8.22. The molecule has 0 rings (SSSR count). The van der Waals surface area contributed by atoms with Crippen molar-refractivity contribution in [3.63, 3.8) is 0 Å². The molecule has 1 nitrogen and oxygen atoms in total. The van der Waals surface area contributed by atoms with E-state index in [2.05, 4.69) is 33.0 Å². The summed E-state index contributed by atoms with van der Waals surface area (Å²) in [6.07, 6.45) is 5.09. The summed E-state index contributed by atoms with van der Waals surface area (Å²) in [4.78, 5) is 0. The first-order valence-electron chi connectivity index (χ1n) is 6.43. The van der Waals surface area contributed by atoms with Crippen LogP contribution in [0.2, 0.25) is 0 Å². The molecule has 0 aliphatic heterocycles. The van der Waals surface area contributed by atoms with Gasteiger partial charge in [-0.1, -0.05) is 58.1 Å². The second-order valence-corrected chi connectivity index (χ2v) is 6.91. The Hall–Kier alpha value is 0.240. The lowest BCUT2D eigenvalue weighted by Gasteiger charge is -2.09. The number of thiocarbonyl (C=S) groups is 1. The highest BCUT2D eigenvalue weighted by Crippen LogP contribution is 2.10. The Balaban J connectivity index is 3.25. The first kappa shape index (κ1) is 16.2. The maximum atomic E-state index is 5.26. The zero-order valence-corrected chi connectivity index (χ0v) is 12.8. The number of thioether (sulfide) groups is 1. The Morgan fingerprint density at radius 2 is 1.62 bits per heavy atom. The molecule has 0 aromatic carbocycles. The maximum Gasteiger partial charge on any atom is 0.133 e. The Bertz CT molecular complexity index is 161. The van der Waals surface area contributed by atoms with Crippen molar-refractivity contribution >= 4 is 28.3 Å². The molecule has 0 spiro atoms. The minimum absolute atomic E-state index is 0.800. The molecule has 96 valence electrons. The molecule has 0 aliphatic carbocycles. The van der Waals surface area contributed by atoms with Crippen LogP contribution < -0.4 is 5.32 Å². The summed E-state index contributed by atoms with van der Waals surface area (Å²) < 4.78 is 0.979. The van der Waals surface area contributed by atoms with E-state index in [1.807, 2.05) is 0 Å². The molecule has 0 aliphatic rings. The lowest BCUT2D eigenvalue weighted by Crippen LogP contribution is -2.20. The highest BCUT2D eigenvalue weighted by Gasteiger charge is 1.99. The van der Waals surface area contributed by atoms with Crippen LogP contribution in [0.3, 0.4) is 0 Å². The minimum atomic E-state index is 0.800. The van der Waals surface area contributed by atoms with Gasteiger partial charge in [0.25, 0.3) is 0 Å². The summed E-state index contributed by atoms with van der Waals surface area (Å²) in [6, 6.07) is 0. The van der Waals surface area contributed by atoms with Crippen molar-refractivity contribution < 1.29 is 0 Å². The van der Waals surface area contributed by atoms with Crippen molar-refractivity contribution in [2.45, 2.75) is 53.4 Å². The summed E-state index contributed by atoms with van der Waals surface area (Å²) in [7, 11) is 0. The van der Waals surface area contributed by atoms with Crippen molar-refractivity contribution in [1.82, 2.24) is 5.32 Å². The van der Waals surface area contributed by atoms with Gasteiger partial charge in [-0.2, -0.15) is 0 Å². The highest BCUT2D eigenvalue weighted by atomic mass is 32.2. The SMILES string of the molecule is CC(C)CCCNC(=S)SCCCC(C)C. The number of hydrogen-bond acceptors (Lipinski definition) is 2. The van der Waals surface area contributed by atoms with Crippen molar-refractivity contribution in [3.05, 3.63) is 0 Å². The van der Waals surface area contributed by atoms with Crippen molar-refractivity contribution in [2.75, 3.05) is 12.3 Å². The zero-order chi connectivity index (χ0) is 12.4. The van der Waals surface area contributed by atoms with E-state index in [9.17, 15) is 0 Å². The van der Waals surface area contributed by atoms with Crippen LogP contribution in [0.15, 0.2) is 0 Å². The Morgan fingerprint density at radius 3 is 2.19 bits per heavy atom. The largest absolute Gasteiger partial charge is 0.371 e. The number of rotatable bonds is 8. The topological polar surface area (TPSA) is 12.0 Å². The Kier molecular flexibility index (Phi) is 10.6. The van der Waals surface area contributed by atoms with Gasteiger partial charge in [0.1, 0.15) is 4.32 Å². The molecule has 0 aromatic heterocycles. The molecular weight excluding hydrogens is 234 g/mol. The van der Waals surface area contributed by atoms with Crippen LogP contribution in [0, 0.1) is 11.8 Å². The van der Waals surface area contributed by atoms with E-state index in [0.29, 0.717) is 0 Å². The van der Waals surface area contributed by atoms with Gasteiger partial charge in [-0.15, -0.1) is 0 Å². The predicted molar refractivity (Wildman–Crippen MR) is 81.2 cm³/mol.